The molecule has 5 rings (SSSR count). The Morgan fingerprint density at radius 2 is 1.97 bits per heavy atom. The smallest absolute Gasteiger partial charge is 0.156 e. The van der Waals surface area contributed by atoms with Crippen molar-refractivity contribution in [1.29, 1.82) is 0 Å². The van der Waals surface area contributed by atoms with Gasteiger partial charge in [-0.3, -0.25) is 4.79 Å². The first-order chi connectivity index (χ1) is 14.8. The molecule has 30 heavy (non-hydrogen) atoms. The van der Waals surface area contributed by atoms with Gasteiger partial charge in [0.05, 0.1) is 18.2 Å². The van der Waals surface area contributed by atoms with Gasteiger partial charge in [0.2, 0.25) is 0 Å². The number of hydrogen-bond acceptors (Lipinski definition) is 5. The summed E-state index contributed by atoms with van der Waals surface area (Å²) in [7, 11) is 1.93. The van der Waals surface area contributed by atoms with E-state index in [4.69, 9.17) is 9.84 Å². The molecule has 2 N–H and O–H groups in total. The lowest BCUT2D eigenvalue weighted by Crippen LogP contribution is -2.25. The number of benzene rings is 2. The number of aldehydes is 1. The van der Waals surface area contributed by atoms with Gasteiger partial charge in [-0.1, -0.05) is 18.2 Å². The summed E-state index contributed by atoms with van der Waals surface area (Å²) in [5.74, 6) is 2.37. The van der Waals surface area contributed by atoms with Crippen LogP contribution in [0.5, 0.6) is 5.75 Å². The SMILES string of the molecule is CNc1ccccc1C1CCNc2c(C=O)c(-c3ccc(OCC4CC4)cc3)nn21. The van der Waals surface area contributed by atoms with Gasteiger partial charge in [-0.05, 0) is 61.1 Å². The molecule has 3 aromatic rings. The highest BCUT2D eigenvalue weighted by Gasteiger charge is 2.29. The first-order valence-electron chi connectivity index (χ1n) is 10.6. The van der Waals surface area contributed by atoms with Crippen LogP contribution < -0.4 is 15.4 Å². The predicted molar refractivity (Wildman–Crippen MR) is 119 cm³/mol. The Bertz CT molecular complexity index is 1050. The Morgan fingerprint density at radius 1 is 1.17 bits per heavy atom. The fraction of sp³-hybridized carbons (Fsp3) is 0.333. The van der Waals surface area contributed by atoms with Crippen molar-refractivity contribution in [2.45, 2.75) is 25.3 Å². The normalized spacial score (nSPS) is 17.7. The van der Waals surface area contributed by atoms with Crippen molar-refractivity contribution in [3.63, 3.8) is 0 Å². The van der Waals surface area contributed by atoms with Crippen LogP contribution in [0.4, 0.5) is 11.5 Å². The first-order valence-corrected chi connectivity index (χ1v) is 10.6. The van der Waals surface area contributed by atoms with Crippen molar-refractivity contribution in [2.75, 3.05) is 30.8 Å². The van der Waals surface area contributed by atoms with Gasteiger partial charge in [0.1, 0.15) is 17.3 Å². The van der Waals surface area contributed by atoms with Gasteiger partial charge in [0, 0.05) is 24.8 Å². The second-order valence-corrected chi connectivity index (χ2v) is 8.02. The number of carbonyl (C=O) groups excluding carboxylic acids is 1. The molecule has 1 aliphatic heterocycles. The van der Waals surface area contributed by atoms with Crippen LogP contribution in [0.2, 0.25) is 0 Å². The lowest BCUT2D eigenvalue weighted by molar-refractivity contribution is 0.112. The molecule has 1 atom stereocenters. The first kappa shape index (κ1) is 18.7. The third-order valence-corrected chi connectivity index (χ3v) is 5.97. The van der Waals surface area contributed by atoms with E-state index in [1.165, 1.54) is 18.4 Å². The molecular formula is C24H26N4O2. The van der Waals surface area contributed by atoms with Gasteiger partial charge >= 0.3 is 0 Å². The number of hydrogen-bond donors (Lipinski definition) is 2. The zero-order valence-corrected chi connectivity index (χ0v) is 17.1. The number of rotatable bonds is 7. The Labute approximate surface area is 176 Å². The summed E-state index contributed by atoms with van der Waals surface area (Å²) in [5, 5.41) is 11.6. The highest BCUT2D eigenvalue weighted by molar-refractivity contribution is 5.92. The van der Waals surface area contributed by atoms with Gasteiger partial charge in [-0.25, -0.2) is 4.68 Å². The van der Waals surface area contributed by atoms with E-state index in [1.54, 1.807) is 0 Å². The Balaban J connectivity index is 1.50. The molecule has 2 aromatic carbocycles. The molecule has 0 bridgehead atoms. The van der Waals surface area contributed by atoms with Crippen LogP contribution >= 0.6 is 0 Å². The van der Waals surface area contributed by atoms with Gasteiger partial charge in [-0.15, -0.1) is 0 Å². The molecule has 1 unspecified atom stereocenters. The largest absolute Gasteiger partial charge is 0.493 e. The summed E-state index contributed by atoms with van der Waals surface area (Å²) in [5.41, 5.74) is 4.49. The lowest BCUT2D eigenvalue weighted by atomic mass is 10.00. The van der Waals surface area contributed by atoms with E-state index in [0.29, 0.717) is 11.3 Å². The topological polar surface area (TPSA) is 68.2 Å². The van der Waals surface area contributed by atoms with Gasteiger partial charge in [-0.2, -0.15) is 5.10 Å². The van der Waals surface area contributed by atoms with E-state index in [2.05, 4.69) is 22.8 Å². The number of anilines is 2. The minimum Gasteiger partial charge on any atom is -0.493 e. The second kappa shape index (κ2) is 7.86. The average molecular weight is 402 g/mol. The zero-order valence-electron chi connectivity index (χ0n) is 17.1. The number of aromatic nitrogens is 2. The molecule has 6 heteroatoms. The minimum atomic E-state index is 0.0681. The lowest BCUT2D eigenvalue weighted by Gasteiger charge is -2.27. The van der Waals surface area contributed by atoms with Crippen molar-refractivity contribution in [3.8, 4) is 17.0 Å². The molecule has 154 valence electrons. The van der Waals surface area contributed by atoms with Crippen molar-refractivity contribution < 1.29 is 9.53 Å². The molecule has 0 saturated heterocycles. The van der Waals surface area contributed by atoms with Crippen LogP contribution in [0.1, 0.15) is 41.2 Å². The third-order valence-electron chi connectivity index (χ3n) is 5.97. The number of carbonyl (C=O) groups is 1. The van der Waals surface area contributed by atoms with Crippen LogP contribution in [0, 0.1) is 5.92 Å². The van der Waals surface area contributed by atoms with Crippen molar-refractivity contribution >= 4 is 17.8 Å². The molecule has 0 radical (unpaired) electrons. The monoisotopic (exact) mass is 402 g/mol. The van der Waals surface area contributed by atoms with E-state index in [-0.39, 0.29) is 6.04 Å². The molecule has 0 spiro atoms. The highest BCUT2D eigenvalue weighted by Crippen LogP contribution is 2.38. The van der Waals surface area contributed by atoms with Crippen molar-refractivity contribution in [2.24, 2.45) is 5.92 Å². The van der Waals surface area contributed by atoms with E-state index in [9.17, 15) is 4.79 Å². The van der Waals surface area contributed by atoms with Crippen LogP contribution in [0.3, 0.4) is 0 Å². The third kappa shape index (κ3) is 3.43. The van der Waals surface area contributed by atoms with E-state index in [1.807, 2.05) is 48.1 Å². The number of para-hydroxylation sites is 1. The summed E-state index contributed by atoms with van der Waals surface area (Å²) < 4.78 is 7.81. The van der Waals surface area contributed by atoms with E-state index >= 15 is 0 Å². The summed E-state index contributed by atoms with van der Waals surface area (Å²) in [6, 6.07) is 16.2. The molecule has 1 aromatic heterocycles. The maximum atomic E-state index is 12.0. The molecule has 1 aliphatic carbocycles. The number of nitrogens with zero attached hydrogens (tertiary/aromatic N) is 2. The van der Waals surface area contributed by atoms with Crippen LogP contribution in [0.15, 0.2) is 48.5 Å². The van der Waals surface area contributed by atoms with Gasteiger partial charge < -0.3 is 15.4 Å². The van der Waals surface area contributed by atoms with Crippen molar-refractivity contribution in [1.82, 2.24) is 9.78 Å². The number of ether oxygens (including phenoxy) is 1. The number of nitrogens with one attached hydrogen (secondary N) is 2. The Hall–Kier alpha value is -3.28. The number of fused-ring (bicyclic) bond motifs is 1. The minimum absolute atomic E-state index is 0.0681. The van der Waals surface area contributed by atoms with Crippen LogP contribution in [0.25, 0.3) is 11.3 Å². The second-order valence-electron chi connectivity index (χ2n) is 8.02. The molecule has 6 nitrogen and oxygen atoms in total. The standard InChI is InChI=1S/C24H26N4O2/c1-25-21-5-3-2-4-19(21)22-12-13-26-24-20(14-29)23(27-28(22)24)17-8-10-18(11-9-17)30-15-16-6-7-16/h2-5,8-11,14,16,22,25-26H,6-7,12-13,15H2,1H3. The van der Waals surface area contributed by atoms with E-state index in [0.717, 1.165) is 54.6 Å². The summed E-state index contributed by atoms with van der Waals surface area (Å²) >= 11 is 0. The predicted octanol–water partition coefficient (Wildman–Crippen LogP) is 4.60. The summed E-state index contributed by atoms with van der Waals surface area (Å²) in [4.78, 5) is 12.0. The molecular weight excluding hydrogens is 376 g/mol. The van der Waals surface area contributed by atoms with Gasteiger partial charge in [0.15, 0.2) is 6.29 Å². The quantitative estimate of drug-likeness (QED) is 0.566. The van der Waals surface area contributed by atoms with Crippen molar-refractivity contribution in [3.05, 3.63) is 59.7 Å². The molecule has 2 heterocycles. The fourth-order valence-corrected chi connectivity index (χ4v) is 4.13. The average Bonchev–Trinajstić information content (AvgIpc) is 3.56. The van der Waals surface area contributed by atoms with Gasteiger partial charge in [0.25, 0.3) is 0 Å². The molecule has 0 amide bonds. The molecule has 1 fully saturated rings. The highest BCUT2D eigenvalue weighted by atomic mass is 16.5. The Morgan fingerprint density at radius 3 is 2.70 bits per heavy atom. The zero-order chi connectivity index (χ0) is 20.5. The molecule has 1 saturated carbocycles. The summed E-state index contributed by atoms with van der Waals surface area (Å²) in [6.07, 6.45) is 4.35. The maximum absolute atomic E-state index is 12.0. The van der Waals surface area contributed by atoms with Crippen LogP contribution in [-0.4, -0.2) is 36.3 Å². The van der Waals surface area contributed by atoms with E-state index < -0.39 is 0 Å². The molecule has 2 aliphatic rings. The maximum Gasteiger partial charge on any atom is 0.156 e. The summed E-state index contributed by atoms with van der Waals surface area (Å²) in [6.45, 7) is 1.58. The Kier molecular flexibility index (Phi) is 4.91. The fourth-order valence-electron chi connectivity index (χ4n) is 4.13. The van der Waals surface area contributed by atoms with Crippen LogP contribution in [-0.2, 0) is 0 Å².